The van der Waals surface area contributed by atoms with Gasteiger partial charge in [0.25, 0.3) is 0 Å². The second kappa shape index (κ2) is 15.5. The molecule has 60 heavy (non-hydrogen) atoms. The number of nitrogens with zero attached hydrogens (tertiary/aromatic N) is 2. The first kappa shape index (κ1) is 37.6. The highest BCUT2D eigenvalue weighted by Gasteiger charge is 2.38. The molecule has 1 saturated carbocycles. The molecule has 0 amide bonds. The normalized spacial score (nSPS) is 17.7. The number of anilines is 6. The summed E-state index contributed by atoms with van der Waals surface area (Å²) in [6.45, 7) is 7.16. The van der Waals surface area contributed by atoms with Gasteiger partial charge in [0, 0.05) is 45.0 Å². The number of benzene rings is 8. The molecule has 0 unspecified atom stereocenters. The van der Waals surface area contributed by atoms with E-state index in [-0.39, 0.29) is 10.8 Å². The minimum Gasteiger partial charge on any atom is -0.311 e. The van der Waals surface area contributed by atoms with E-state index in [0.717, 1.165) is 41.5 Å². The molecule has 0 aliphatic heterocycles. The van der Waals surface area contributed by atoms with Crippen LogP contribution in [0.25, 0.3) is 22.3 Å². The van der Waals surface area contributed by atoms with Crippen LogP contribution in [0.4, 0.5) is 34.1 Å². The molecule has 0 radical (unpaired) electrons. The highest BCUT2D eigenvalue weighted by molar-refractivity contribution is 5.86. The second-order valence-electron chi connectivity index (χ2n) is 17.5. The monoisotopic (exact) mass is 776 g/mol. The Hall–Kier alpha value is -6.64. The van der Waals surface area contributed by atoms with Crippen molar-refractivity contribution in [3.05, 3.63) is 229 Å². The summed E-state index contributed by atoms with van der Waals surface area (Å²) >= 11 is 0. The molecule has 0 N–H and O–H groups in total. The Balaban J connectivity index is 1.04. The summed E-state index contributed by atoms with van der Waals surface area (Å²) in [4.78, 5) is 4.80. The van der Waals surface area contributed by atoms with Crippen LogP contribution in [-0.4, -0.2) is 0 Å². The van der Waals surface area contributed by atoms with Crippen molar-refractivity contribution in [3.8, 4) is 22.3 Å². The molecule has 0 aromatic heterocycles. The van der Waals surface area contributed by atoms with Crippen molar-refractivity contribution in [1.29, 1.82) is 0 Å². The quantitative estimate of drug-likeness (QED) is 0.144. The molecule has 0 heterocycles. The minimum atomic E-state index is -0.0894. The van der Waals surface area contributed by atoms with Crippen LogP contribution in [0.1, 0.15) is 68.7 Å². The van der Waals surface area contributed by atoms with Gasteiger partial charge in [-0.15, -0.1) is 0 Å². The van der Waals surface area contributed by atoms with Crippen molar-refractivity contribution >= 4 is 34.1 Å². The molecular formula is C58H52N2. The molecule has 2 aliphatic rings. The zero-order valence-electron chi connectivity index (χ0n) is 34.9. The molecule has 2 heteroatoms. The van der Waals surface area contributed by atoms with Gasteiger partial charge >= 0.3 is 0 Å². The second-order valence-corrected chi connectivity index (χ2v) is 17.5. The van der Waals surface area contributed by atoms with Gasteiger partial charge < -0.3 is 9.80 Å². The van der Waals surface area contributed by atoms with Crippen LogP contribution in [0.2, 0.25) is 0 Å². The van der Waals surface area contributed by atoms with Gasteiger partial charge in [-0.25, -0.2) is 0 Å². The summed E-state index contributed by atoms with van der Waals surface area (Å²) in [5.41, 5.74) is 17.5. The van der Waals surface area contributed by atoms with Crippen molar-refractivity contribution in [3.63, 3.8) is 0 Å². The zero-order valence-corrected chi connectivity index (χ0v) is 34.9. The van der Waals surface area contributed by atoms with Gasteiger partial charge in [0.05, 0.1) is 0 Å². The largest absolute Gasteiger partial charge is 0.311 e. The van der Waals surface area contributed by atoms with Crippen LogP contribution in [-0.2, 0) is 10.8 Å². The van der Waals surface area contributed by atoms with E-state index in [4.69, 9.17) is 0 Å². The lowest BCUT2D eigenvalue weighted by molar-refractivity contribution is 0.280. The first-order valence-corrected chi connectivity index (χ1v) is 21.7. The Morgan fingerprint density at radius 1 is 0.383 bits per heavy atom. The molecule has 0 saturated heterocycles. The Labute approximate surface area is 356 Å². The average Bonchev–Trinajstić information content (AvgIpc) is 3.54. The fraction of sp³-hybridized carbons (Fsp3) is 0.172. The van der Waals surface area contributed by atoms with Gasteiger partial charge in [0.2, 0.25) is 0 Å². The summed E-state index contributed by atoms with van der Waals surface area (Å²) in [5.74, 6) is 0.730. The number of hydrogen-bond acceptors (Lipinski definition) is 2. The van der Waals surface area contributed by atoms with E-state index in [0.29, 0.717) is 0 Å². The fourth-order valence-electron chi connectivity index (χ4n) is 10.2. The Morgan fingerprint density at radius 2 is 0.783 bits per heavy atom. The molecule has 2 nitrogen and oxygen atoms in total. The number of para-hydroxylation sites is 2. The van der Waals surface area contributed by atoms with Crippen molar-refractivity contribution in [1.82, 2.24) is 0 Å². The molecule has 1 fully saturated rings. The van der Waals surface area contributed by atoms with Crippen LogP contribution in [0.15, 0.2) is 206 Å². The summed E-state index contributed by atoms with van der Waals surface area (Å²) in [6, 6.07) is 76.2. The van der Waals surface area contributed by atoms with E-state index in [1.165, 1.54) is 68.7 Å². The molecule has 8 aromatic rings. The highest BCUT2D eigenvalue weighted by atomic mass is 15.1. The maximum atomic E-state index is 2.45. The van der Waals surface area contributed by atoms with Crippen LogP contribution in [0, 0.1) is 5.92 Å². The third-order valence-corrected chi connectivity index (χ3v) is 13.6. The zero-order chi connectivity index (χ0) is 40.7. The van der Waals surface area contributed by atoms with Gasteiger partial charge in [-0.1, -0.05) is 154 Å². The van der Waals surface area contributed by atoms with Gasteiger partial charge in [-0.3, -0.25) is 0 Å². The van der Waals surface area contributed by atoms with E-state index in [1.807, 2.05) is 0 Å². The fourth-order valence-corrected chi connectivity index (χ4v) is 10.2. The Bertz CT molecular complexity index is 2670. The van der Waals surface area contributed by atoms with Gasteiger partial charge in [0.15, 0.2) is 0 Å². The Kier molecular flexibility index (Phi) is 9.73. The van der Waals surface area contributed by atoms with E-state index >= 15 is 0 Å². The summed E-state index contributed by atoms with van der Waals surface area (Å²) in [5, 5.41) is 0. The standard InChI is InChI=1S/C58H52N2/c1-42-37-39-58(40-38-42,45-25-31-50(32-26-45)59(47-17-9-5-10-18-47)48-19-11-6-12-20-48)46-27-33-51(34-28-46)60(49-29-23-44(24-30-49)43-15-7-4-8-16-43)52-35-36-54-53-21-13-14-22-55(53)57(2,3)56(54)41-52/h4-36,41-42H,37-40H2,1-3H3. The maximum absolute atomic E-state index is 2.45. The topological polar surface area (TPSA) is 6.48 Å². The molecule has 8 aromatic carbocycles. The van der Waals surface area contributed by atoms with Crippen molar-refractivity contribution in [2.24, 2.45) is 5.92 Å². The number of fused-ring (bicyclic) bond motifs is 3. The smallest absolute Gasteiger partial charge is 0.0465 e. The molecule has 0 bridgehead atoms. The predicted octanol–water partition coefficient (Wildman–Crippen LogP) is 16.1. The highest BCUT2D eigenvalue weighted by Crippen LogP contribution is 2.52. The van der Waals surface area contributed by atoms with Crippen molar-refractivity contribution in [2.75, 3.05) is 9.80 Å². The maximum Gasteiger partial charge on any atom is 0.0465 e. The predicted molar refractivity (Wildman–Crippen MR) is 254 cm³/mol. The molecule has 0 atom stereocenters. The molecule has 10 rings (SSSR count). The summed E-state index contributed by atoms with van der Waals surface area (Å²) in [6.07, 6.45) is 4.71. The van der Waals surface area contributed by atoms with Crippen molar-refractivity contribution in [2.45, 2.75) is 57.3 Å². The van der Waals surface area contributed by atoms with Crippen molar-refractivity contribution < 1.29 is 0 Å². The van der Waals surface area contributed by atoms with Crippen LogP contribution >= 0.6 is 0 Å². The summed E-state index contributed by atoms with van der Waals surface area (Å²) < 4.78 is 0. The van der Waals surface area contributed by atoms with E-state index in [2.05, 4.69) is 237 Å². The lowest BCUT2D eigenvalue weighted by Gasteiger charge is -2.41. The van der Waals surface area contributed by atoms with Crippen LogP contribution in [0.3, 0.4) is 0 Å². The SMILES string of the molecule is CC1CCC(c2ccc(N(c3ccccc3)c3ccccc3)cc2)(c2ccc(N(c3ccc(-c4ccccc4)cc3)c3ccc4c(c3)C(C)(C)c3ccccc3-4)cc2)CC1. The third kappa shape index (κ3) is 6.71. The van der Waals surface area contributed by atoms with Gasteiger partial charge in [0.1, 0.15) is 0 Å². The molecular weight excluding hydrogens is 725 g/mol. The van der Waals surface area contributed by atoms with E-state index in [9.17, 15) is 0 Å². The Morgan fingerprint density at radius 3 is 1.33 bits per heavy atom. The molecule has 294 valence electrons. The molecule has 0 spiro atoms. The number of rotatable bonds is 9. The molecule has 2 aliphatic carbocycles. The van der Waals surface area contributed by atoms with E-state index < -0.39 is 0 Å². The van der Waals surface area contributed by atoms with Crippen LogP contribution < -0.4 is 9.80 Å². The first-order chi connectivity index (χ1) is 29.4. The van der Waals surface area contributed by atoms with E-state index in [1.54, 1.807) is 0 Å². The third-order valence-electron chi connectivity index (χ3n) is 13.6. The van der Waals surface area contributed by atoms with Crippen LogP contribution in [0.5, 0.6) is 0 Å². The minimum absolute atomic E-state index is 0.0561. The number of hydrogen-bond donors (Lipinski definition) is 0. The first-order valence-electron chi connectivity index (χ1n) is 21.7. The lowest BCUT2D eigenvalue weighted by atomic mass is 9.63. The van der Waals surface area contributed by atoms with Gasteiger partial charge in [-0.2, -0.15) is 0 Å². The summed E-state index contributed by atoms with van der Waals surface area (Å²) in [7, 11) is 0. The lowest BCUT2D eigenvalue weighted by Crippen LogP contribution is -2.32. The van der Waals surface area contributed by atoms with Gasteiger partial charge in [-0.05, 0) is 149 Å². The average molecular weight is 777 g/mol.